The molecular formula is C17H12F2N2O2. The second kappa shape index (κ2) is 5.64. The van der Waals surface area contributed by atoms with Crippen molar-refractivity contribution in [3.63, 3.8) is 0 Å². The fourth-order valence-corrected chi connectivity index (χ4v) is 2.23. The Morgan fingerprint density at radius 1 is 1.04 bits per heavy atom. The molecule has 23 heavy (non-hydrogen) atoms. The molecule has 3 rings (SSSR count). The zero-order chi connectivity index (χ0) is 16.6. The number of aromatic amines is 1. The molecule has 0 fully saturated rings. The lowest BCUT2D eigenvalue weighted by Gasteiger charge is -2.07. The Morgan fingerprint density at radius 3 is 2.57 bits per heavy atom. The average molecular weight is 314 g/mol. The first-order valence-electron chi connectivity index (χ1n) is 6.84. The third-order valence-corrected chi connectivity index (χ3v) is 3.47. The highest BCUT2D eigenvalue weighted by Crippen LogP contribution is 2.18. The van der Waals surface area contributed by atoms with Gasteiger partial charge in [-0.25, -0.2) is 8.78 Å². The number of carbonyl (C=O) groups excluding carboxylic acids is 1. The topological polar surface area (TPSA) is 62.0 Å². The second-order valence-corrected chi connectivity index (χ2v) is 5.17. The summed E-state index contributed by atoms with van der Waals surface area (Å²) in [6, 6.07) is 9.68. The molecular weight excluding hydrogens is 302 g/mol. The van der Waals surface area contributed by atoms with Crippen molar-refractivity contribution in [1.29, 1.82) is 0 Å². The van der Waals surface area contributed by atoms with Crippen LogP contribution in [0.1, 0.15) is 15.9 Å². The molecule has 0 radical (unpaired) electrons. The van der Waals surface area contributed by atoms with E-state index in [-0.39, 0.29) is 11.1 Å². The first kappa shape index (κ1) is 14.9. The van der Waals surface area contributed by atoms with E-state index >= 15 is 0 Å². The normalized spacial score (nSPS) is 10.7. The average Bonchev–Trinajstić information content (AvgIpc) is 2.51. The van der Waals surface area contributed by atoms with Gasteiger partial charge in [-0.1, -0.05) is 6.07 Å². The smallest absolute Gasteiger partial charge is 0.255 e. The van der Waals surface area contributed by atoms with E-state index in [1.807, 2.05) is 0 Å². The van der Waals surface area contributed by atoms with Crippen molar-refractivity contribution < 1.29 is 13.6 Å². The van der Waals surface area contributed by atoms with Crippen LogP contribution in [-0.2, 0) is 0 Å². The highest BCUT2D eigenvalue weighted by Gasteiger charge is 2.10. The molecule has 6 heteroatoms. The van der Waals surface area contributed by atoms with E-state index in [0.717, 1.165) is 17.5 Å². The van der Waals surface area contributed by atoms with Crippen molar-refractivity contribution in [2.45, 2.75) is 6.92 Å². The summed E-state index contributed by atoms with van der Waals surface area (Å²) in [5.74, 6) is -2.67. The number of fused-ring (bicyclic) bond motifs is 1. The zero-order valence-corrected chi connectivity index (χ0v) is 12.1. The lowest BCUT2D eigenvalue weighted by molar-refractivity contribution is 0.102. The van der Waals surface area contributed by atoms with Crippen LogP contribution in [0.2, 0.25) is 0 Å². The summed E-state index contributed by atoms with van der Waals surface area (Å²) in [7, 11) is 0. The summed E-state index contributed by atoms with van der Waals surface area (Å²) in [4.78, 5) is 26.4. The summed E-state index contributed by atoms with van der Waals surface area (Å²) in [5, 5.41) is 3.41. The van der Waals surface area contributed by atoms with Gasteiger partial charge in [-0.15, -0.1) is 0 Å². The van der Waals surface area contributed by atoms with Gasteiger partial charge in [-0.05, 0) is 48.7 Å². The third kappa shape index (κ3) is 2.96. The molecule has 1 amide bonds. The van der Waals surface area contributed by atoms with E-state index < -0.39 is 17.5 Å². The van der Waals surface area contributed by atoms with Gasteiger partial charge in [-0.2, -0.15) is 0 Å². The van der Waals surface area contributed by atoms with E-state index in [1.165, 1.54) is 6.07 Å². The quantitative estimate of drug-likeness (QED) is 0.762. The second-order valence-electron chi connectivity index (χ2n) is 5.17. The van der Waals surface area contributed by atoms with Gasteiger partial charge in [0.15, 0.2) is 11.6 Å². The number of hydrogen-bond acceptors (Lipinski definition) is 2. The van der Waals surface area contributed by atoms with Crippen molar-refractivity contribution >= 4 is 22.5 Å². The number of benzene rings is 2. The van der Waals surface area contributed by atoms with Crippen LogP contribution in [0.5, 0.6) is 0 Å². The molecule has 3 aromatic rings. The van der Waals surface area contributed by atoms with Gasteiger partial charge in [0, 0.05) is 16.8 Å². The largest absolute Gasteiger partial charge is 0.322 e. The van der Waals surface area contributed by atoms with Gasteiger partial charge in [0.05, 0.1) is 5.52 Å². The van der Waals surface area contributed by atoms with Gasteiger partial charge < -0.3 is 10.3 Å². The van der Waals surface area contributed by atoms with Crippen LogP contribution in [0, 0.1) is 18.6 Å². The molecule has 0 bridgehead atoms. The first-order valence-corrected chi connectivity index (χ1v) is 6.84. The molecule has 1 aromatic heterocycles. The highest BCUT2D eigenvalue weighted by molar-refractivity contribution is 6.05. The molecule has 0 aliphatic carbocycles. The Bertz CT molecular complexity index is 980. The summed E-state index contributed by atoms with van der Waals surface area (Å²) in [6.45, 7) is 1.71. The molecule has 2 N–H and O–H groups in total. The van der Waals surface area contributed by atoms with E-state index in [0.29, 0.717) is 16.8 Å². The van der Waals surface area contributed by atoms with Crippen LogP contribution in [-0.4, -0.2) is 10.9 Å². The minimum Gasteiger partial charge on any atom is -0.322 e. The Morgan fingerprint density at radius 2 is 1.83 bits per heavy atom. The van der Waals surface area contributed by atoms with E-state index in [4.69, 9.17) is 0 Å². The minimum absolute atomic E-state index is 0.00129. The Balaban J connectivity index is 1.91. The maximum absolute atomic E-state index is 13.2. The summed E-state index contributed by atoms with van der Waals surface area (Å²) in [6.07, 6.45) is 0. The highest BCUT2D eigenvalue weighted by atomic mass is 19.2. The molecule has 0 aliphatic heterocycles. The van der Waals surface area contributed by atoms with Crippen LogP contribution in [0.25, 0.3) is 10.9 Å². The van der Waals surface area contributed by atoms with Crippen molar-refractivity contribution in [2.24, 2.45) is 0 Å². The Hall–Kier alpha value is -3.02. The summed E-state index contributed by atoms with van der Waals surface area (Å²) in [5.41, 5.74) is 1.40. The molecule has 2 aromatic carbocycles. The third-order valence-electron chi connectivity index (χ3n) is 3.47. The van der Waals surface area contributed by atoms with Gasteiger partial charge in [0.2, 0.25) is 0 Å². The van der Waals surface area contributed by atoms with Crippen molar-refractivity contribution in [3.05, 3.63) is 75.6 Å². The van der Waals surface area contributed by atoms with Gasteiger partial charge in [0.25, 0.3) is 11.5 Å². The standard InChI is InChI=1S/C17H12F2N2O2/c1-9-6-10-2-4-12(8-15(10)21-16(9)22)20-17(23)11-3-5-13(18)14(19)7-11/h2-8H,1H3,(H,20,23)(H,21,22). The number of rotatable bonds is 2. The van der Waals surface area contributed by atoms with Gasteiger partial charge in [-0.3, -0.25) is 9.59 Å². The zero-order valence-electron chi connectivity index (χ0n) is 12.1. The van der Waals surface area contributed by atoms with Crippen LogP contribution < -0.4 is 10.9 Å². The minimum atomic E-state index is -1.09. The number of aromatic nitrogens is 1. The SMILES string of the molecule is Cc1cc2ccc(NC(=O)c3ccc(F)c(F)c3)cc2[nH]c1=O. The molecule has 4 nitrogen and oxygen atoms in total. The fraction of sp³-hybridized carbons (Fsp3) is 0.0588. The number of H-pyrrole nitrogens is 1. The van der Waals surface area contributed by atoms with Crippen molar-refractivity contribution in [1.82, 2.24) is 4.98 Å². The van der Waals surface area contributed by atoms with Crippen molar-refractivity contribution in [3.8, 4) is 0 Å². The lowest BCUT2D eigenvalue weighted by Crippen LogP contribution is -2.13. The van der Waals surface area contributed by atoms with Crippen LogP contribution in [0.15, 0.2) is 47.3 Å². The Kier molecular flexibility index (Phi) is 3.65. The molecule has 116 valence electrons. The number of halogens is 2. The van der Waals surface area contributed by atoms with Gasteiger partial charge >= 0.3 is 0 Å². The van der Waals surface area contributed by atoms with Gasteiger partial charge in [0.1, 0.15) is 0 Å². The molecule has 0 saturated heterocycles. The predicted octanol–water partition coefficient (Wildman–Crippen LogP) is 3.37. The molecule has 0 unspecified atom stereocenters. The van der Waals surface area contributed by atoms with E-state index in [1.54, 1.807) is 31.2 Å². The molecule has 0 aliphatic rings. The molecule has 0 atom stereocenters. The van der Waals surface area contributed by atoms with Crippen LogP contribution >= 0.6 is 0 Å². The lowest BCUT2D eigenvalue weighted by atomic mass is 10.1. The Labute approximate surface area is 129 Å². The summed E-state index contributed by atoms with van der Waals surface area (Å²) < 4.78 is 26.1. The number of amides is 1. The van der Waals surface area contributed by atoms with E-state index in [9.17, 15) is 18.4 Å². The fourth-order valence-electron chi connectivity index (χ4n) is 2.23. The van der Waals surface area contributed by atoms with Crippen molar-refractivity contribution in [2.75, 3.05) is 5.32 Å². The molecule has 0 saturated carbocycles. The number of carbonyl (C=O) groups is 1. The molecule has 0 spiro atoms. The predicted molar refractivity (Wildman–Crippen MR) is 83.6 cm³/mol. The number of hydrogen-bond donors (Lipinski definition) is 2. The maximum Gasteiger partial charge on any atom is 0.255 e. The number of nitrogens with one attached hydrogen (secondary N) is 2. The summed E-state index contributed by atoms with van der Waals surface area (Å²) >= 11 is 0. The molecule has 1 heterocycles. The van der Waals surface area contributed by atoms with Crippen LogP contribution in [0.4, 0.5) is 14.5 Å². The van der Waals surface area contributed by atoms with Crippen LogP contribution in [0.3, 0.4) is 0 Å². The monoisotopic (exact) mass is 314 g/mol. The number of anilines is 1. The number of aryl methyl sites for hydroxylation is 1. The first-order chi connectivity index (χ1) is 10.9. The van der Waals surface area contributed by atoms with E-state index in [2.05, 4.69) is 10.3 Å². The maximum atomic E-state index is 13.2. The number of pyridine rings is 1.